The van der Waals surface area contributed by atoms with E-state index in [1.165, 1.54) is 0 Å². The van der Waals surface area contributed by atoms with Crippen molar-refractivity contribution in [1.29, 1.82) is 0 Å². The zero-order chi connectivity index (χ0) is 14.4. The second-order valence-electron chi connectivity index (χ2n) is 4.45. The highest BCUT2D eigenvalue weighted by atomic mass is 79.9. The van der Waals surface area contributed by atoms with E-state index in [2.05, 4.69) is 20.9 Å². The molecule has 1 amide bonds. The van der Waals surface area contributed by atoms with Crippen LogP contribution in [0.2, 0.25) is 0 Å². The van der Waals surface area contributed by atoms with Crippen LogP contribution in [0.5, 0.6) is 0 Å². The average molecular weight is 329 g/mol. The lowest BCUT2D eigenvalue weighted by Gasteiger charge is -2.26. The lowest BCUT2D eigenvalue weighted by atomic mass is 10.2. The Balaban J connectivity index is 2.72. The van der Waals surface area contributed by atoms with Crippen molar-refractivity contribution < 1.29 is 14.7 Å². The molecule has 0 bridgehead atoms. The molecule has 0 saturated heterocycles. The number of hydrogen-bond acceptors (Lipinski definition) is 3. The molecule has 0 aliphatic rings. The van der Waals surface area contributed by atoms with Gasteiger partial charge in [-0.1, -0.05) is 0 Å². The number of nitrogens with zero attached hydrogens (tertiary/aromatic N) is 2. The molecule has 0 saturated carbocycles. The van der Waals surface area contributed by atoms with Gasteiger partial charge in [0.05, 0.1) is 0 Å². The van der Waals surface area contributed by atoms with Gasteiger partial charge < -0.3 is 10.0 Å². The number of carbonyl (C=O) groups is 2. The molecular weight excluding hydrogens is 312 g/mol. The normalized spacial score (nSPS) is 10.5. The smallest absolute Gasteiger partial charge is 0.303 e. The fraction of sp³-hybridized carbons (Fsp3) is 0.462. The topological polar surface area (TPSA) is 70.5 Å². The Morgan fingerprint density at radius 3 is 2.58 bits per heavy atom. The van der Waals surface area contributed by atoms with E-state index in [0.29, 0.717) is 18.7 Å². The number of hydrogen-bond donors (Lipinski definition) is 1. The summed E-state index contributed by atoms with van der Waals surface area (Å²) in [6.45, 7) is 4.22. The minimum absolute atomic E-state index is 0.00624. The van der Waals surface area contributed by atoms with Crippen molar-refractivity contribution in [3.63, 3.8) is 0 Å². The number of aromatic nitrogens is 1. The number of aliphatic carboxylic acids is 1. The van der Waals surface area contributed by atoms with Gasteiger partial charge in [0.25, 0.3) is 5.91 Å². The van der Waals surface area contributed by atoms with Gasteiger partial charge in [-0.25, -0.2) is 4.98 Å². The monoisotopic (exact) mass is 328 g/mol. The molecule has 1 rings (SSSR count). The summed E-state index contributed by atoms with van der Waals surface area (Å²) < 4.78 is 0.811. The van der Waals surface area contributed by atoms with E-state index < -0.39 is 5.97 Å². The molecule has 0 radical (unpaired) electrons. The van der Waals surface area contributed by atoms with Crippen molar-refractivity contribution in [3.05, 3.63) is 28.5 Å². The number of amides is 1. The van der Waals surface area contributed by atoms with Crippen LogP contribution in [0.1, 0.15) is 37.2 Å². The highest BCUT2D eigenvalue weighted by Crippen LogP contribution is 2.11. The summed E-state index contributed by atoms with van der Waals surface area (Å²) >= 11 is 3.27. The van der Waals surface area contributed by atoms with E-state index in [1.807, 2.05) is 13.8 Å². The molecule has 0 fully saturated rings. The van der Waals surface area contributed by atoms with E-state index in [9.17, 15) is 9.59 Å². The molecule has 104 valence electrons. The maximum absolute atomic E-state index is 12.3. The number of pyridine rings is 1. The molecule has 6 heteroatoms. The van der Waals surface area contributed by atoms with Gasteiger partial charge in [0.2, 0.25) is 0 Å². The third-order valence-corrected chi connectivity index (χ3v) is 3.09. The molecule has 0 aromatic carbocycles. The van der Waals surface area contributed by atoms with Gasteiger partial charge in [0.15, 0.2) is 0 Å². The van der Waals surface area contributed by atoms with Crippen LogP contribution >= 0.6 is 15.9 Å². The Labute approximate surface area is 120 Å². The van der Waals surface area contributed by atoms with E-state index in [0.717, 1.165) is 4.47 Å². The summed E-state index contributed by atoms with van der Waals surface area (Å²) in [6.07, 6.45) is 2.07. The largest absolute Gasteiger partial charge is 0.481 e. The van der Waals surface area contributed by atoms with Crippen LogP contribution in [0.3, 0.4) is 0 Å². The van der Waals surface area contributed by atoms with E-state index in [1.54, 1.807) is 23.2 Å². The second kappa shape index (κ2) is 7.23. The van der Waals surface area contributed by atoms with Crippen molar-refractivity contribution in [1.82, 2.24) is 9.88 Å². The van der Waals surface area contributed by atoms with Crippen molar-refractivity contribution >= 4 is 27.8 Å². The molecular formula is C13H17BrN2O3. The standard InChI is InChI=1S/C13H17BrN2O3/c1-9(2)16(7-3-4-12(17)18)13(19)11-6-5-10(14)8-15-11/h5-6,8-9H,3-4,7H2,1-2H3,(H,17,18). The molecule has 0 aliphatic carbocycles. The van der Waals surface area contributed by atoms with E-state index in [-0.39, 0.29) is 18.4 Å². The summed E-state index contributed by atoms with van der Waals surface area (Å²) in [7, 11) is 0. The zero-order valence-electron chi connectivity index (χ0n) is 11.0. The quantitative estimate of drug-likeness (QED) is 0.871. The Morgan fingerprint density at radius 2 is 2.11 bits per heavy atom. The highest BCUT2D eigenvalue weighted by molar-refractivity contribution is 9.10. The van der Waals surface area contributed by atoms with Crippen LogP contribution in [-0.4, -0.2) is 39.5 Å². The Hall–Kier alpha value is -1.43. The summed E-state index contributed by atoms with van der Waals surface area (Å²) in [5, 5.41) is 8.63. The van der Waals surface area contributed by atoms with Crippen LogP contribution < -0.4 is 0 Å². The molecule has 1 aromatic rings. The first-order valence-corrected chi connectivity index (χ1v) is 6.85. The molecule has 0 spiro atoms. The van der Waals surface area contributed by atoms with Gasteiger partial charge in [0, 0.05) is 29.7 Å². The van der Waals surface area contributed by atoms with Crippen LogP contribution in [0, 0.1) is 0 Å². The van der Waals surface area contributed by atoms with E-state index >= 15 is 0 Å². The van der Waals surface area contributed by atoms with Crippen molar-refractivity contribution in [2.45, 2.75) is 32.7 Å². The molecule has 1 heterocycles. The minimum Gasteiger partial charge on any atom is -0.481 e. The van der Waals surface area contributed by atoms with Crippen LogP contribution in [-0.2, 0) is 4.79 Å². The van der Waals surface area contributed by atoms with Crippen LogP contribution in [0.15, 0.2) is 22.8 Å². The summed E-state index contributed by atoms with van der Waals surface area (Å²) in [5.41, 5.74) is 0.368. The number of halogens is 1. The molecule has 0 atom stereocenters. The lowest BCUT2D eigenvalue weighted by molar-refractivity contribution is -0.137. The molecule has 0 unspecified atom stereocenters. The maximum atomic E-state index is 12.3. The number of carbonyl (C=O) groups excluding carboxylic acids is 1. The first-order chi connectivity index (χ1) is 8.91. The molecule has 19 heavy (non-hydrogen) atoms. The maximum Gasteiger partial charge on any atom is 0.303 e. The fourth-order valence-corrected chi connectivity index (χ4v) is 1.88. The van der Waals surface area contributed by atoms with Crippen molar-refractivity contribution in [2.24, 2.45) is 0 Å². The van der Waals surface area contributed by atoms with Crippen LogP contribution in [0.25, 0.3) is 0 Å². The van der Waals surface area contributed by atoms with Gasteiger partial charge in [0.1, 0.15) is 5.69 Å². The first kappa shape index (κ1) is 15.6. The molecule has 5 nitrogen and oxygen atoms in total. The number of rotatable bonds is 6. The Morgan fingerprint density at radius 1 is 1.42 bits per heavy atom. The predicted molar refractivity (Wildman–Crippen MR) is 75.0 cm³/mol. The third-order valence-electron chi connectivity index (χ3n) is 2.62. The first-order valence-electron chi connectivity index (χ1n) is 6.06. The third kappa shape index (κ3) is 4.98. The number of carboxylic acids is 1. The molecule has 0 aliphatic heterocycles. The zero-order valence-corrected chi connectivity index (χ0v) is 12.6. The predicted octanol–water partition coefficient (Wildman–Crippen LogP) is 2.56. The molecule has 1 aromatic heterocycles. The minimum atomic E-state index is -0.849. The van der Waals surface area contributed by atoms with Gasteiger partial charge in [-0.3, -0.25) is 9.59 Å². The molecule has 1 N–H and O–H groups in total. The van der Waals surface area contributed by atoms with Gasteiger partial charge >= 0.3 is 5.97 Å². The van der Waals surface area contributed by atoms with Gasteiger partial charge in [-0.05, 0) is 48.3 Å². The van der Waals surface area contributed by atoms with Crippen molar-refractivity contribution in [2.75, 3.05) is 6.54 Å². The lowest BCUT2D eigenvalue weighted by Crippen LogP contribution is -2.38. The summed E-state index contributed by atoms with van der Waals surface area (Å²) in [4.78, 5) is 28.5. The second-order valence-corrected chi connectivity index (χ2v) is 5.37. The van der Waals surface area contributed by atoms with Crippen molar-refractivity contribution in [3.8, 4) is 0 Å². The average Bonchev–Trinajstić information content (AvgIpc) is 2.34. The highest BCUT2D eigenvalue weighted by Gasteiger charge is 2.19. The van der Waals surface area contributed by atoms with Gasteiger partial charge in [-0.15, -0.1) is 0 Å². The fourth-order valence-electron chi connectivity index (χ4n) is 1.64. The number of carboxylic acid groups (broad SMARTS) is 1. The van der Waals surface area contributed by atoms with Crippen LogP contribution in [0.4, 0.5) is 0 Å². The Kier molecular flexibility index (Phi) is 5.95. The van der Waals surface area contributed by atoms with Gasteiger partial charge in [-0.2, -0.15) is 0 Å². The summed E-state index contributed by atoms with van der Waals surface area (Å²) in [5.74, 6) is -1.02. The SMILES string of the molecule is CC(C)N(CCCC(=O)O)C(=O)c1ccc(Br)cn1. The van der Waals surface area contributed by atoms with E-state index in [4.69, 9.17) is 5.11 Å². The summed E-state index contributed by atoms with van der Waals surface area (Å²) in [6, 6.07) is 3.42. The Bertz CT molecular complexity index is 446.